The Labute approximate surface area is 179 Å². The summed E-state index contributed by atoms with van der Waals surface area (Å²) in [5, 5.41) is 0. The van der Waals surface area contributed by atoms with Crippen molar-refractivity contribution >= 4 is 34.9 Å². The monoisotopic (exact) mass is 413 g/mol. The summed E-state index contributed by atoms with van der Waals surface area (Å²) in [6, 6.07) is 23.5. The van der Waals surface area contributed by atoms with Crippen molar-refractivity contribution in [2.24, 2.45) is 5.92 Å². The van der Waals surface area contributed by atoms with Gasteiger partial charge in [0.1, 0.15) is 0 Å². The zero-order chi connectivity index (χ0) is 22.4. The number of nitrogens with zero attached hydrogens (tertiary/aromatic N) is 1. The van der Waals surface area contributed by atoms with Crippen molar-refractivity contribution in [3.8, 4) is 0 Å². The summed E-state index contributed by atoms with van der Waals surface area (Å²) in [6.45, 7) is 1.13. The molecule has 0 atom stereocenters. The Morgan fingerprint density at radius 2 is 1.00 bits per heavy atom. The molecule has 2 amide bonds. The molecule has 6 nitrogen and oxygen atoms in total. The Morgan fingerprint density at radius 3 is 1.39 bits per heavy atom. The Morgan fingerprint density at radius 1 is 0.613 bits per heavy atom. The first kappa shape index (κ1) is 21.5. The molecule has 0 bridgehead atoms. The van der Waals surface area contributed by atoms with E-state index in [0.717, 1.165) is 6.92 Å². The van der Waals surface area contributed by atoms with E-state index in [9.17, 15) is 24.0 Å². The minimum absolute atomic E-state index is 0.118. The quantitative estimate of drug-likeness (QED) is 0.336. The standard InChI is InChI=1S/C25H19NO5/c1-17(27)26(20-15-9-4-10-16-20)25(31)24(30)21(22(28)18-11-5-2-6-12-18)23(29)19-13-7-3-8-14-19/h2-16,21H,1H3. The number of benzene rings is 3. The second kappa shape index (κ2) is 9.54. The lowest BCUT2D eigenvalue weighted by Crippen LogP contribution is -2.46. The summed E-state index contributed by atoms with van der Waals surface area (Å²) in [6.07, 6.45) is 0. The minimum atomic E-state index is -1.90. The van der Waals surface area contributed by atoms with Crippen molar-refractivity contribution in [1.29, 1.82) is 0 Å². The summed E-state index contributed by atoms with van der Waals surface area (Å²) < 4.78 is 0. The molecule has 0 saturated carbocycles. The van der Waals surface area contributed by atoms with Crippen LogP contribution in [0.3, 0.4) is 0 Å². The lowest BCUT2D eigenvalue weighted by atomic mass is 9.86. The van der Waals surface area contributed by atoms with E-state index in [-0.39, 0.29) is 16.8 Å². The van der Waals surface area contributed by atoms with Crippen LogP contribution >= 0.6 is 0 Å². The van der Waals surface area contributed by atoms with Crippen LogP contribution < -0.4 is 4.90 Å². The molecule has 3 rings (SSSR count). The molecule has 31 heavy (non-hydrogen) atoms. The maximum Gasteiger partial charge on any atom is 0.302 e. The summed E-state index contributed by atoms with van der Waals surface area (Å²) >= 11 is 0. The number of carbonyl (C=O) groups is 5. The second-order valence-electron chi connectivity index (χ2n) is 6.75. The van der Waals surface area contributed by atoms with Gasteiger partial charge in [-0.1, -0.05) is 78.9 Å². The van der Waals surface area contributed by atoms with Gasteiger partial charge in [0.2, 0.25) is 11.7 Å². The summed E-state index contributed by atoms with van der Waals surface area (Å²) in [4.78, 5) is 65.4. The predicted octanol–water partition coefficient (Wildman–Crippen LogP) is 3.52. The topological polar surface area (TPSA) is 88.6 Å². The molecule has 0 aromatic heterocycles. The number of Topliss-reactive ketones (excluding diaryl/α,β-unsaturated/α-hetero) is 3. The van der Waals surface area contributed by atoms with E-state index >= 15 is 0 Å². The van der Waals surface area contributed by atoms with E-state index in [0.29, 0.717) is 4.90 Å². The Bertz CT molecular complexity index is 1070. The molecule has 154 valence electrons. The fraction of sp³-hybridized carbons (Fsp3) is 0.0800. The number of anilines is 1. The highest BCUT2D eigenvalue weighted by atomic mass is 16.2. The van der Waals surface area contributed by atoms with Gasteiger partial charge in [0.25, 0.3) is 0 Å². The highest BCUT2D eigenvalue weighted by Crippen LogP contribution is 2.20. The van der Waals surface area contributed by atoms with Gasteiger partial charge in [-0.15, -0.1) is 0 Å². The Kier molecular flexibility index (Phi) is 6.62. The molecule has 0 spiro atoms. The van der Waals surface area contributed by atoms with Crippen molar-refractivity contribution < 1.29 is 24.0 Å². The van der Waals surface area contributed by atoms with Gasteiger partial charge >= 0.3 is 5.91 Å². The van der Waals surface area contributed by atoms with Crippen molar-refractivity contribution in [2.45, 2.75) is 6.92 Å². The van der Waals surface area contributed by atoms with Crippen LogP contribution in [0.2, 0.25) is 0 Å². The first-order valence-electron chi connectivity index (χ1n) is 9.54. The van der Waals surface area contributed by atoms with Gasteiger partial charge in [0.15, 0.2) is 17.5 Å². The van der Waals surface area contributed by atoms with E-state index in [2.05, 4.69) is 0 Å². The van der Waals surface area contributed by atoms with E-state index in [1.54, 1.807) is 54.6 Å². The largest absolute Gasteiger partial charge is 0.302 e. The minimum Gasteiger partial charge on any atom is -0.293 e. The van der Waals surface area contributed by atoms with Gasteiger partial charge in [-0.2, -0.15) is 0 Å². The number of hydrogen-bond donors (Lipinski definition) is 0. The summed E-state index contributed by atoms with van der Waals surface area (Å²) in [7, 11) is 0. The maximum atomic E-state index is 13.2. The number of amides is 2. The molecule has 0 aliphatic rings. The smallest absolute Gasteiger partial charge is 0.293 e. The molecule has 0 N–H and O–H groups in total. The van der Waals surface area contributed by atoms with Gasteiger partial charge < -0.3 is 0 Å². The maximum absolute atomic E-state index is 13.2. The second-order valence-corrected chi connectivity index (χ2v) is 6.75. The van der Waals surface area contributed by atoms with Gasteiger partial charge in [0.05, 0.1) is 5.69 Å². The van der Waals surface area contributed by atoms with E-state index in [4.69, 9.17) is 0 Å². The molecule has 3 aromatic rings. The Balaban J connectivity index is 2.04. The Hall–Kier alpha value is -4.19. The molecule has 0 radical (unpaired) electrons. The van der Waals surface area contributed by atoms with Crippen molar-refractivity contribution in [2.75, 3.05) is 4.90 Å². The molecule has 6 heteroatoms. The van der Waals surface area contributed by atoms with Crippen molar-refractivity contribution in [3.63, 3.8) is 0 Å². The zero-order valence-corrected chi connectivity index (χ0v) is 16.7. The predicted molar refractivity (Wildman–Crippen MR) is 115 cm³/mol. The fourth-order valence-electron chi connectivity index (χ4n) is 3.15. The third-order valence-electron chi connectivity index (χ3n) is 4.65. The number of carbonyl (C=O) groups excluding carboxylic acids is 5. The molecular formula is C25H19NO5. The lowest BCUT2D eigenvalue weighted by Gasteiger charge is -2.21. The number of para-hydroxylation sites is 1. The van der Waals surface area contributed by atoms with Crippen molar-refractivity contribution in [1.82, 2.24) is 0 Å². The molecular weight excluding hydrogens is 394 g/mol. The highest BCUT2D eigenvalue weighted by molar-refractivity contribution is 6.53. The summed E-state index contributed by atoms with van der Waals surface area (Å²) in [5.74, 6) is -6.71. The van der Waals surface area contributed by atoms with Gasteiger partial charge in [-0.3, -0.25) is 24.0 Å². The highest BCUT2D eigenvalue weighted by Gasteiger charge is 2.41. The number of rotatable bonds is 7. The lowest BCUT2D eigenvalue weighted by molar-refractivity contribution is -0.139. The van der Waals surface area contributed by atoms with E-state index < -0.39 is 35.1 Å². The van der Waals surface area contributed by atoms with Crippen LogP contribution in [0.4, 0.5) is 5.69 Å². The molecule has 0 heterocycles. The molecule has 3 aromatic carbocycles. The van der Waals surface area contributed by atoms with Gasteiger partial charge in [0, 0.05) is 18.1 Å². The molecule has 0 aliphatic heterocycles. The molecule has 0 aliphatic carbocycles. The number of imide groups is 1. The van der Waals surface area contributed by atoms with E-state index in [1.165, 1.54) is 36.4 Å². The third-order valence-corrected chi connectivity index (χ3v) is 4.65. The van der Waals surface area contributed by atoms with Gasteiger partial charge in [-0.05, 0) is 12.1 Å². The van der Waals surface area contributed by atoms with Gasteiger partial charge in [-0.25, -0.2) is 4.90 Å². The normalized spacial score (nSPS) is 10.4. The summed E-state index contributed by atoms with van der Waals surface area (Å²) in [5.41, 5.74) is 0.408. The average Bonchev–Trinajstić information content (AvgIpc) is 2.80. The van der Waals surface area contributed by atoms with Crippen LogP contribution in [0.1, 0.15) is 27.6 Å². The average molecular weight is 413 g/mol. The number of ketones is 3. The molecule has 0 unspecified atom stereocenters. The fourth-order valence-corrected chi connectivity index (χ4v) is 3.15. The zero-order valence-electron chi connectivity index (χ0n) is 16.7. The number of hydrogen-bond acceptors (Lipinski definition) is 5. The molecule has 0 fully saturated rings. The van der Waals surface area contributed by atoms with Crippen LogP contribution in [0, 0.1) is 5.92 Å². The van der Waals surface area contributed by atoms with Crippen molar-refractivity contribution in [3.05, 3.63) is 102 Å². The van der Waals surface area contributed by atoms with Crippen LogP contribution in [-0.2, 0) is 14.4 Å². The first-order chi connectivity index (χ1) is 14.9. The molecule has 0 saturated heterocycles. The first-order valence-corrected chi connectivity index (χ1v) is 9.54. The van der Waals surface area contributed by atoms with E-state index in [1.807, 2.05) is 0 Å². The van der Waals surface area contributed by atoms with Crippen LogP contribution in [0.25, 0.3) is 0 Å². The van der Waals surface area contributed by atoms with Crippen LogP contribution in [0.5, 0.6) is 0 Å². The third kappa shape index (κ3) is 4.70. The SMILES string of the molecule is CC(=O)N(C(=O)C(=O)C(C(=O)c1ccccc1)C(=O)c1ccccc1)c1ccccc1. The van der Waals surface area contributed by atoms with Crippen LogP contribution in [-0.4, -0.2) is 29.2 Å². The van der Waals surface area contributed by atoms with Crippen LogP contribution in [0.15, 0.2) is 91.0 Å².